The molecule has 1 atom stereocenters. The molecule has 146 valence electrons. The maximum absolute atomic E-state index is 13.2. The topological polar surface area (TPSA) is 41.5 Å². The van der Waals surface area contributed by atoms with Crippen LogP contribution in [0.15, 0.2) is 69.9 Å². The molecule has 0 aliphatic heterocycles. The van der Waals surface area contributed by atoms with Gasteiger partial charge in [0.15, 0.2) is 0 Å². The fraction of sp³-hybridized carbons (Fsp3) is 0.250. The molecule has 1 N–H and O–H groups in total. The van der Waals surface area contributed by atoms with Gasteiger partial charge in [-0.3, -0.25) is 0 Å². The largest absolute Gasteiger partial charge is 0.379 e. The Morgan fingerprint density at radius 3 is 2.14 bits per heavy atom. The lowest BCUT2D eigenvalue weighted by Gasteiger charge is -2.16. The van der Waals surface area contributed by atoms with Crippen LogP contribution in [0.1, 0.15) is 27.8 Å². The van der Waals surface area contributed by atoms with Gasteiger partial charge in [-0.15, -0.1) is 0 Å². The Labute approximate surface area is 169 Å². The number of para-hydroxylation sites is 1. The second-order valence-corrected chi connectivity index (χ2v) is 9.67. The molecule has 3 aromatic rings. The van der Waals surface area contributed by atoms with E-state index in [0.29, 0.717) is 6.54 Å². The molecule has 0 aliphatic carbocycles. The maximum Gasteiger partial charge on any atom is 0.0967 e. The molecule has 0 bridgehead atoms. The van der Waals surface area contributed by atoms with E-state index in [1.54, 1.807) is 6.26 Å². The van der Waals surface area contributed by atoms with Gasteiger partial charge >= 0.3 is 0 Å². The number of aryl methyl sites for hydroxylation is 4. The van der Waals surface area contributed by atoms with Crippen LogP contribution in [-0.4, -0.2) is 10.5 Å². The fourth-order valence-corrected chi connectivity index (χ4v) is 4.83. The van der Waals surface area contributed by atoms with Gasteiger partial charge in [0.05, 0.1) is 21.1 Å². The van der Waals surface area contributed by atoms with Gasteiger partial charge in [0.25, 0.3) is 0 Å². The minimum absolute atomic E-state index is 0.710. The molecule has 3 nitrogen and oxygen atoms in total. The molecule has 3 rings (SSSR count). The van der Waals surface area contributed by atoms with E-state index in [-0.39, 0.29) is 0 Å². The summed E-state index contributed by atoms with van der Waals surface area (Å²) in [5.74, 6) is 0. The summed E-state index contributed by atoms with van der Waals surface area (Å²) in [6, 6.07) is 19.8. The lowest BCUT2D eigenvalue weighted by atomic mass is 9.99. The zero-order chi connectivity index (χ0) is 20.3. The Hall–Kier alpha value is -2.59. The molecule has 0 radical (unpaired) electrons. The summed E-state index contributed by atoms with van der Waals surface area (Å²) in [6.45, 7) is 9.18. The molecular formula is C24H28N2OS. The van der Waals surface area contributed by atoms with Crippen molar-refractivity contribution in [3.8, 4) is 0 Å². The van der Waals surface area contributed by atoms with Crippen LogP contribution in [0.3, 0.4) is 0 Å². The predicted molar refractivity (Wildman–Crippen MR) is 120 cm³/mol. The van der Waals surface area contributed by atoms with E-state index >= 15 is 0 Å². The van der Waals surface area contributed by atoms with Crippen molar-refractivity contribution in [2.45, 2.75) is 39.1 Å². The van der Waals surface area contributed by atoms with Crippen molar-refractivity contribution in [3.05, 3.63) is 88.5 Å². The molecule has 0 amide bonds. The van der Waals surface area contributed by atoms with Crippen molar-refractivity contribution in [3.63, 3.8) is 0 Å². The Bertz CT molecular complexity index is 1090. The summed E-state index contributed by atoms with van der Waals surface area (Å²) in [6.07, 6.45) is 1.70. The summed E-state index contributed by atoms with van der Waals surface area (Å²) in [7, 11) is -2.52. The van der Waals surface area contributed by atoms with Crippen LogP contribution >= 0.6 is 0 Å². The smallest absolute Gasteiger partial charge is 0.0967 e. The first-order valence-corrected chi connectivity index (χ1v) is 11.4. The van der Waals surface area contributed by atoms with Crippen LogP contribution in [0.5, 0.6) is 0 Å². The zero-order valence-corrected chi connectivity index (χ0v) is 18.1. The summed E-state index contributed by atoms with van der Waals surface area (Å²) < 4.78 is 17.9. The van der Waals surface area contributed by atoms with Crippen molar-refractivity contribution in [2.24, 2.45) is 4.36 Å². The highest BCUT2D eigenvalue weighted by Crippen LogP contribution is 2.32. The maximum atomic E-state index is 13.2. The van der Waals surface area contributed by atoms with Gasteiger partial charge in [0.2, 0.25) is 0 Å². The third-order valence-electron chi connectivity index (χ3n) is 4.99. The van der Waals surface area contributed by atoms with Gasteiger partial charge in [0.1, 0.15) is 0 Å². The Balaban J connectivity index is 1.98. The highest BCUT2D eigenvalue weighted by atomic mass is 32.2. The van der Waals surface area contributed by atoms with E-state index in [1.165, 1.54) is 22.3 Å². The lowest BCUT2D eigenvalue weighted by Crippen LogP contribution is -2.06. The first-order chi connectivity index (χ1) is 13.3. The number of anilines is 1. The monoisotopic (exact) mass is 392 g/mol. The van der Waals surface area contributed by atoms with Gasteiger partial charge in [-0.25, -0.2) is 4.21 Å². The molecule has 0 aromatic heterocycles. The van der Waals surface area contributed by atoms with Gasteiger partial charge in [-0.05, 0) is 68.1 Å². The molecule has 0 saturated carbocycles. The average molecular weight is 393 g/mol. The highest BCUT2D eigenvalue weighted by molar-refractivity contribution is 7.93. The van der Waals surface area contributed by atoms with Gasteiger partial charge in [0, 0.05) is 17.7 Å². The average Bonchev–Trinajstić information content (AvgIpc) is 2.63. The second kappa shape index (κ2) is 8.19. The number of nitrogens with one attached hydrogen (secondary N) is 1. The fourth-order valence-electron chi connectivity index (χ4n) is 3.54. The summed E-state index contributed by atoms with van der Waals surface area (Å²) in [5, 5.41) is 3.55. The van der Waals surface area contributed by atoms with Crippen LogP contribution < -0.4 is 5.32 Å². The third-order valence-corrected chi connectivity index (χ3v) is 6.68. The van der Waals surface area contributed by atoms with E-state index in [1.807, 2.05) is 42.5 Å². The number of hydrogen-bond donors (Lipinski definition) is 1. The summed E-state index contributed by atoms with van der Waals surface area (Å²) in [4.78, 5) is 0.743. The van der Waals surface area contributed by atoms with Crippen LogP contribution in [-0.2, 0) is 16.3 Å². The van der Waals surface area contributed by atoms with Gasteiger partial charge in [-0.1, -0.05) is 48.0 Å². The minimum atomic E-state index is -2.52. The van der Waals surface area contributed by atoms with E-state index < -0.39 is 9.73 Å². The van der Waals surface area contributed by atoms with E-state index in [2.05, 4.69) is 55.6 Å². The molecule has 0 fully saturated rings. The van der Waals surface area contributed by atoms with Crippen LogP contribution in [0.2, 0.25) is 0 Å². The molecule has 4 heteroatoms. The first kappa shape index (κ1) is 20.2. The van der Waals surface area contributed by atoms with Gasteiger partial charge < -0.3 is 5.32 Å². The van der Waals surface area contributed by atoms with Crippen molar-refractivity contribution in [1.82, 2.24) is 0 Å². The summed E-state index contributed by atoms with van der Waals surface area (Å²) in [5.41, 5.74) is 7.89. The number of rotatable bonds is 5. The van der Waals surface area contributed by atoms with Gasteiger partial charge in [-0.2, -0.15) is 4.36 Å². The predicted octanol–water partition coefficient (Wildman–Crippen LogP) is 6.32. The first-order valence-electron chi connectivity index (χ1n) is 9.45. The van der Waals surface area contributed by atoms with E-state index in [4.69, 9.17) is 0 Å². The quantitative estimate of drug-likeness (QED) is 0.552. The third kappa shape index (κ3) is 4.45. The Kier molecular flexibility index (Phi) is 5.90. The SMILES string of the molecule is Cc1cc(C)c(CNc2c(C)cccc2N=S(C)(=O)c2ccccc2)c(C)c1. The van der Waals surface area contributed by atoms with Crippen molar-refractivity contribution < 1.29 is 4.21 Å². The molecule has 28 heavy (non-hydrogen) atoms. The molecule has 0 spiro atoms. The Morgan fingerprint density at radius 2 is 1.50 bits per heavy atom. The molecule has 1 unspecified atom stereocenters. The Morgan fingerprint density at radius 1 is 0.857 bits per heavy atom. The minimum Gasteiger partial charge on any atom is -0.379 e. The van der Waals surface area contributed by atoms with Crippen molar-refractivity contribution in [1.29, 1.82) is 0 Å². The molecular weight excluding hydrogens is 364 g/mol. The zero-order valence-electron chi connectivity index (χ0n) is 17.2. The number of benzene rings is 3. The summed E-state index contributed by atoms with van der Waals surface area (Å²) >= 11 is 0. The molecule has 3 aromatic carbocycles. The standard InChI is InChI=1S/C24H28N2OS/c1-17-14-19(3)22(20(4)15-17)16-25-24-18(2)10-9-13-23(24)26-28(5,27)21-11-7-6-8-12-21/h6-15,25H,16H2,1-5H3. The second-order valence-electron chi connectivity index (χ2n) is 7.41. The van der Waals surface area contributed by atoms with Crippen molar-refractivity contribution >= 4 is 21.1 Å². The molecule has 0 heterocycles. The normalized spacial score (nSPS) is 13.0. The van der Waals surface area contributed by atoms with E-state index in [0.717, 1.165) is 21.8 Å². The molecule has 0 saturated heterocycles. The molecule has 0 aliphatic rings. The van der Waals surface area contributed by atoms with Crippen molar-refractivity contribution in [2.75, 3.05) is 11.6 Å². The van der Waals surface area contributed by atoms with Crippen LogP contribution in [0, 0.1) is 27.7 Å². The van der Waals surface area contributed by atoms with E-state index in [9.17, 15) is 4.21 Å². The van der Waals surface area contributed by atoms with Crippen LogP contribution in [0.25, 0.3) is 0 Å². The van der Waals surface area contributed by atoms with Crippen LogP contribution in [0.4, 0.5) is 11.4 Å². The number of nitrogens with zero attached hydrogens (tertiary/aromatic N) is 1. The number of hydrogen-bond acceptors (Lipinski definition) is 3. The highest BCUT2D eigenvalue weighted by Gasteiger charge is 2.11. The lowest BCUT2D eigenvalue weighted by molar-refractivity contribution is 0.681.